The first kappa shape index (κ1) is 16.1. The molecular weight excluding hydrogens is 262 g/mol. The Balaban J connectivity index is 2.91. The van der Waals surface area contributed by atoms with Crippen molar-refractivity contribution in [2.75, 3.05) is 19.8 Å². The van der Waals surface area contributed by atoms with Crippen LogP contribution in [0.5, 0.6) is 11.5 Å². The largest absolute Gasteiger partial charge is 0.493 e. The Labute approximate surface area is 121 Å². The molecule has 0 aliphatic rings. The summed E-state index contributed by atoms with van der Waals surface area (Å²) in [6, 6.07) is 3.83. The zero-order valence-electron chi connectivity index (χ0n) is 12.1. The van der Waals surface area contributed by atoms with Crippen LogP contribution in [-0.2, 0) is 6.54 Å². The van der Waals surface area contributed by atoms with Crippen molar-refractivity contribution in [1.82, 2.24) is 5.32 Å². The van der Waals surface area contributed by atoms with E-state index in [1.165, 1.54) is 0 Å². The Morgan fingerprint density at radius 2 is 1.63 bits per heavy atom. The van der Waals surface area contributed by atoms with Crippen LogP contribution in [0.1, 0.15) is 39.2 Å². The molecule has 1 rings (SSSR count). The van der Waals surface area contributed by atoms with Gasteiger partial charge in [-0.15, -0.1) is 0 Å². The first-order valence-corrected chi connectivity index (χ1v) is 7.39. The van der Waals surface area contributed by atoms with Gasteiger partial charge in [0.15, 0.2) is 0 Å². The molecule has 0 atom stereocenters. The van der Waals surface area contributed by atoms with Crippen LogP contribution in [0, 0.1) is 0 Å². The first-order chi connectivity index (χ1) is 9.22. The van der Waals surface area contributed by atoms with Crippen molar-refractivity contribution in [1.29, 1.82) is 0 Å². The molecule has 0 bridgehead atoms. The van der Waals surface area contributed by atoms with Gasteiger partial charge in [0.05, 0.1) is 18.2 Å². The fourth-order valence-corrected chi connectivity index (χ4v) is 1.85. The fourth-order valence-electron chi connectivity index (χ4n) is 1.64. The molecule has 108 valence electrons. The van der Waals surface area contributed by atoms with E-state index >= 15 is 0 Å². The molecule has 0 saturated heterocycles. The highest BCUT2D eigenvalue weighted by Crippen LogP contribution is 2.33. The summed E-state index contributed by atoms with van der Waals surface area (Å²) in [6.07, 6.45) is 1.94. The van der Waals surface area contributed by atoms with E-state index in [0.29, 0.717) is 18.2 Å². The summed E-state index contributed by atoms with van der Waals surface area (Å²) < 4.78 is 11.4. The molecule has 1 aromatic rings. The molecule has 19 heavy (non-hydrogen) atoms. The van der Waals surface area contributed by atoms with E-state index in [1.807, 2.05) is 12.1 Å². The van der Waals surface area contributed by atoms with Crippen LogP contribution >= 0.6 is 11.6 Å². The van der Waals surface area contributed by atoms with E-state index in [0.717, 1.165) is 43.0 Å². The summed E-state index contributed by atoms with van der Waals surface area (Å²) in [4.78, 5) is 0. The summed E-state index contributed by atoms with van der Waals surface area (Å²) in [5, 5.41) is 3.92. The van der Waals surface area contributed by atoms with Crippen molar-refractivity contribution < 1.29 is 9.47 Å². The van der Waals surface area contributed by atoms with Gasteiger partial charge in [-0.3, -0.25) is 0 Å². The van der Waals surface area contributed by atoms with Gasteiger partial charge in [0.1, 0.15) is 11.5 Å². The van der Waals surface area contributed by atoms with Crippen molar-refractivity contribution in [3.63, 3.8) is 0 Å². The van der Waals surface area contributed by atoms with Gasteiger partial charge in [-0.1, -0.05) is 32.4 Å². The van der Waals surface area contributed by atoms with Crippen LogP contribution in [0.4, 0.5) is 0 Å². The van der Waals surface area contributed by atoms with Crippen molar-refractivity contribution in [2.24, 2.45) is 0 Å². The van der Waals surface area contributed by atoms with Crippen LogP contribution < -0.4 is 14.8 Å². The molecule has 0 aliphatic carbocycles. The maximum Gasteiger partial charge on any atom is 0.138 e. The van der Waals surface area contributed by atoms with Crippen LogP contribution in [0.2, 0.25) is 5.02 Å². The molecule has 0 aromatic heterocycles. The highest BCUT2D eigenvalue weighted by atomic mass is 35.5. The van der Waals surface area contributed by atoms with Crippen LogP contribution in [0.25, 0.3) is 0 Å². The average Bonchev–Trinajstić information content (AvgIpc) is 2.42. The lowest BCUT2D eigenvalue weighted by atomic mass is 10.2. The van der Waals surface area contributed by atoms with Gasteiger partial charge in [0.2, 0.25) is 0 Å². The zero-order valence-corrected chi connectivity index (χ0v) is 12.8. The Morgan fingerprint density at radius 3 is 2.21 bits per heavy atom. The average molecular weight is 286 g/mol. The summed E-state index contributed by atoms with van der Waals surface area (Å²) >= 11 is 6.22. The standard InChI is InChI=1S/C15H24ClNO2/c1-4-7-18-14-10-13(16)15(19-8-5-2)9-12(14)11-17-6-3/h9-10,17H,4-8,11H2,1-3H3. The third kappa shape index (κ3) is 5.29. The van der Waals surface area contributed by atoms with Gasteiger partial charge in [-0.25, -0.2) is 0 Å². The summed E-state index contributed by atoms with van der Waals surface area (Å²) in [7, 11) is 0. The lowest BCUT2D eigenvalue weighted by molar-refractivity contribution is 0.305. The molecule has 0 heterocycles. The zero-order chi connectivity index (χ0) is 14.1. The molecular formula is C15H24ClNO2. The minimum atomic E-state index is 0.611. The van der Waals surface area contributed by atoms with Gasteiger partial charge in [-0.2, -0.15) is 0 Å². The van der Waals surface area contributed by atoms with Crippen molar-refractivity contribution in [3.05, 3.63) is 22.7 Å². The Kier molecular flexibility index (Phi) is 7.68. The number of benzene rings is 1. The van der Waals surface area contributed by atoms with E-state index in [4.69, 9.17) is 21.1 Å². The number of nitrogens with one attached hydrogen (secondary N) is 1. The molecule has 0 unspecified atom stereocenters. The number of ether oxygens (including phenoxy) is 2. The molecule has 0 aliphatic heterocycles. The Hall–Kier alpha value is -0.930. The minimum Gasteiger partial charge on any atom is -0.493 e. The second kappa shape index (κ2) is 9.05. The molecule has 3 nitrogen and oxygen atoms in total. The second-order valence-electron chi connectivity index (χ2n) is 4.37. The lowest BCUT2D eigenvalue weighted by Crippen LogP contribution is -2.13. The van der Waals surface area contributed by atoms with Crippen LogP contribution in [-0.4, -0.2) is 19.8 Å². The molecule has 0 radical (unpaired) electrons. The van der Waals surface area contributed by atoms with E-state index in [1.54, 1.807) is 0 Å². The quantitative estimate of drug-likeness (QED) is 0.743. The van der Waals surface area contributed by atoms with E-state index in [-0.39, 0.29) is 0 Å². The fraction of sp³-hybridized carbons (Fsp3) is 0.600. The molecule has 1 N–H and O–H groups in total. The summed E-state index contributed by atoms with van der Waals surface area (Å²) in [6.45, 7) is 9.30. The van der Waals surface area contributed by atoms with Gasteiger partial charge >= 0.3 is 0 Å². The number of rotatable bonds is 9. The lowest BCUT2D eigenvalue weighted by Gasteiger charge is -2.15. The minimum absolute atomic E-state index is 0.611. The van der Waals surface area contributed by atoms with Gasteiger partial charge in [0, 0.05) is 18.2 Å². The van der Waals surface area contributed by atoms with Gasteiger partial charge in [0.25, 0.3) is 0 Å². The molecule has 0 spiro atoms. The summed E-state index contributed by atoms with van der Waals surface area (Å²) in [5.41, 5.74) is 1.09. The molecule has 4 heteroatoms. The summed E-state index contributed by atoms with van der Waals surface area (Å²) in [5.74, 6) is 1.58. The molecule has 0 saturated carbocycles. The van der Waals surface area contributed by atoms with Crippen LogP contribution in [0.3, 0.4) is 0 Å². The van der Waals surface area contributed by atoms with Gasteiger partial charge < -0.3 is 14.8 Å². The predicted octanol–water partition coefficient (Wildman–Crippen LogP) is 4.03. The second-order valence-corrected chi connectivity index (χ2v) is 4.77. The molecule has 0 amide bonds. The predicted molar refractivity (Wildman–Crippen MR) is 80.4 cm³/mol. The highest BCUT2D eigenvalue weighted by Gasteiger charge is 2.10. The third-order valence-corrected chi connectivity index (χ3v) is 2.90. The number of hydrogen-bond acceptors (Lipinski definition) is 3. The maximum absolute atomic E-state index is 6.22. The molecule has 1 aromatic carbocycles. The van der Waals surface area contributed by atoms with E-state index in [2.05, 4.69) is 26.1 Å². The first-order valence-electron chi connectivity index (χ1n) is 7.01. The van der Waals surface area contributed by atoms with Crippen LogP contribution in [0.15, 0.2) is 12.1 Å². The SMILES string of the molecule is CCCOc1cc(CNCC)c(OCCC)cc1Cl. The number of hydrogen-bond donors (Lipinski definition) is 1. The number of halogens is 1. The Morgan fingerprint density at radius 1 is 1.00 bits per heavy atom. The topological polar surface area (TPSA) is 30.5 Å². The van der Waals surface area contributed by atoms with E-state index < -0.39 is 0 Å². The van der Waals surface area contributed by atoms with Crippen molar-refractivity contribution >= 4 is 11.6 Å². The third-order valence-electron chi connectivity index (χ3n) is 2.60. The van der Waals surface area contributed by atoms with E-state index in [9.17, 15) is 0 Å². The highest BCUT2D eigenvalue weighted by molar-refractivity contribution is 6.32. The van der Waals surface area contributed by atoms with Crippen molar-refractivity contribution in [2.45, 2.75) is 40.2 Å². The van der Waals surface area contributed by atoms with Gasteiger partial charge in [-0.05, 0) is 25.5 Å². The smallest absolute Gasteiger partial charge is 0.138 e. The molecule has 0 fully saturated rings. The normalized spacial score (nSPS) is 10.5. The Bertz CT molecular complexity index is 383. The maximum atomic E-state index is 6.22. The monoisotopic (exact) mass is 285 g/mol. The van der Waals surface area contributed by atoms with Crippen molar-refractivity contribution in [3.8, 4) is 11.5 Å².